The fourth-order valence-electron chi connectivity index (χ4n) is 5.16. The number of nitriles is 1. The first-order valence-electron chi connectivity index (χ1n) is 13.2. The van der Waals surface area contributed by atoms with Gasteiger partial charge in [0.2, 0.25) is 0 Å². The third-order valence-electron chi connectivity index (χ3n) is 7.21. The largest absolute Gasteiger partial charge is 0.497 e. The summed E-state index contributed by atoms with van der Waals surface area (Å²) in [4.78, 5) is 22.0. The number of rotatable bonds is 8. The maximum absolute atomic E-state index is 13.6. The zero-order valence-corrected chi connectivity index (χ0v) is 23.0. The van der Waals surface area contributed by atoms with Gasteiger partial charge in [-0.3, -0.25) is 4.79 Å². The number of amides is 1. The minimum absolute atomic E-state index is 0.252. The number of nitrogens with zero attached hydrogens (tertiary/aromatic N) is 3. The molecule has 1 amide bonds. The minimum Gasteiger partial charge on any atom is -0.497 e. The molecule has 2 heterocycles. The third kappa shape index (κ3) is 5.38. The van der Waals surface area contributed by atoms with Crippen LogP contribution in [0.25, 0.3) is 21.9 Å². The van der Waals surface area contributed by atoms with Gasteiger partial charge in [0.15, 0.2) is 0 Å². The number of carbonyl (C=O) groups excluding carboxylic acids is 1. The Morgan fingerprint density at radius 1 is 1.07 bits per heavy atom. The summed E-state index contributed by atoms with van der Waals surface area (Å²) in [6.45, 7) is 0.497. The number of aromatic nitrogens is 3. The lowest BCUT2D eigenvalue weighted by Gasteiger charge is -2.21. The molecule has 6 aromatic rings. The molecule has 0 radical (unpaired) electrons. The molecule has 4 aromatic carbocycles. The summed E-state index contributed by atoms with van der Waals surface area (Å²) in [5, 5.41) is 14.2. The van der Waals surface area contributed by atoms with Crippen LogP contribution >= 0.6 is 11.6 Å². The highest BCUT2D eigenvalue weighted by atomic mass is 35.5. The maximum Gasteiger partial charge on any atom is 0.251 e. The average Bonchev–Trinajstić information content (AvgIpc) is 3.57. The molecule has 7 nitrogen and oxygen atoms in total. The molecule has 6 rings (SSSR count). The number of benzene rings is 4. The van der Waals surface area contributed by atoms with Crippen molar-refractivity contribution < 1.29 is 9.53 Å². The van der Waals surface area contributed by atoms with Crippen molar-refractivity contribution in [3.63, 3.8) is 0 Å². The second-order valence-electron chi connectivity index (χ2n) is 9.82. The summed E-state index contributed by atoms with van der Waals surface area (Å²) in [5.41, 5.74) is 5.73. The van der Waals surface area contributed by atoms with E-state index in [0.29, 0.717) is 40.7 Å². The lowest BCUT2D eigenvalue weighted by molar-refractivity contribution is 0.0934. The number of carbonyl (C=O) groups is 1. The van der Waals surface area contributed by atoms with Crippen LogP contribution in [0.3, 0.4) is 0 Å². The lowest BCUT2D eigenvalue weighted by Crippen LogP contribution is -2.32. The molecule has 0 aliphatic rings. The SMILES string of the molecule is COc1ccc2nc(C(Cc3c[nH]c4ccccc34)NC(=O)c3ccc(C#N)cc3)n(Cc3cccc(Cl)c3)c2c1. The molecule has 0 saturated carbocycles. The molecular formula is C33H26ClN5O2. The molecular weight excluding hydrogens is 534 g/mol. The van der Waals surface area contributed by atoms with Gasteiger partial charge in [0.25, 0.3) is 5.91 Å². The summed E-state index contributed by atoms with van der Waals surface area (Å²) in [6.07, 6.45) is 2.49. The van der Waals surface area contributed by atoms with Gasteiger partial charge < -0.3 is 19.6 Å². The molecule has 2 N–H and O–H groups in total. The Bertz CT molecular complexity index is 1920. The first-order chi connectivity index (χ1) is 20.0. The van der Waals surface area contributed by atoms with Gasteiger partial charge >= 0.3 is 0 Å². The van der Waals surface area contributed by atoms with Crippen LogP contribution in [0.5, 0.6) is 5.75 Å². The van der Waals surface area contributed by atoms with Crippen molar-refractivity contribution in [1.82, 2.24) is 19.9 Å². The smallest absolute Gasteiger partial charge is 0.251 e. The van der Waals surface area contributed by atoms with Crippen LogP contribution in [-0.4, -0.2) is 27.6 Å². The Morgan fingerprint density at radius 3 is 2.68 bits per heavy atom. The van der Waals surface area contributed by atoms with Crippen LogP contribution in [0.2, 0.25) is 5.02 Å². The average molecular weight is 560 g/mol. The number of nitrogens with one attached hydrogen (secondary N) is 2. The van der Waals surface area contributed by atoms with Gasteiger partial charge in [-0.15, -0.1) is 0 Å². The fourth-order valence-corrected chi connectivity index (χ4v) is 5.38. The number of H-pyrrole nitrogens is 1. The van der Waals surface area contributed by atoms with Crippen molar-refractivity contribution in [2.45, 2.75) is 19.0 Å². The van der Waals surface area contributed by atoms with Crippen LogP contribution < -0.4 is 10.1 Å². The van der Waals surface area contributed by atoms with E-state index >= 15 is 0 Å². The zero-order chi connectivity index (χ0) is 28.3. The van der Waals surface area contributed by atoms with Crippen molar-refractivity contribution in [3.05, 3.63) is 130 Å². The topological polar surface area (TPSA) is 95.7 Å². The fraction of sp³-hybridized carbons (Fsp3) is 0.121. The summed E-state index contributed by atoms with van der Waals surface area (Å²) in [6, 6.07) is 29.8. The van der Waals surface area contributed by atoms with E-state index in [1.807, 2.05) is 66.9 Å². The molecule has 2 aromatic heterocycles. The lowest BCUT2D eigenvalue weighted by atomic mass is 10.0. The highest BCUT2D eigenvalue weighted by molar-refractivity contribution is 6.30. The number of imidazole rings is 1. The normalized spacial score (nSPS) is 11.8. The van der Waals surface area contributed by atoms with E-state index in [1.54, 1.807) is 31.4 Å². The van der Waals surface area contributed by atoms with Crippen molar-refractivity contribution in [2.24, 2.45) is 0 Å². The first kappa shape index (κ1) is 26.2. The molecule has 202 valence electrons. The number of methoxy groups -OCH3 is 1. The summed E-state index contributed by atoms with van der Waals surface area (Å²) < 4.78 is 7.65. The van der Waals surface area contributed by atoms with Gasteiger partial charge in [0, 0.05) is 46.7 Å². The van der Waals surface area contributed by atoms with Gasteiger partial charge in [-0.05, 0) is 65.7 Å². The predicted octanol–water partition coefficient (Wildman–Crippen LogP) is 6.81. The minimum atomic E-state index is -0.477. The number of halogens is 1. The predicted molar refractivity (Wildman–Crippen MR) is 160 cm³/mol. The number of hydrogen-bond donors (Lipinski definition) is 2. The Hall–Kier alpha value is -5.06. The van der Waals surface area contributed by atoms with E-state index in [2.05, 4.69) is 27.0 Å². The van der Waals surface area contributed by atoms with Crippen molar-refractivity contribution in [1.29, 1.82) is 5.26 Å². The molecule has 1 unspecified atom stereocenters. The first-order valence-corrected chi connectivity index (χ1v) is 13.5. The molecule has 0 fully saturated rings. The molecule has 0 aliphatic heterocycles. The van der Waals surface area contributed by atoms with E-state index < -0.39 is 6.04 Å². The Labute approximate surface area is 242 Å². The number of aromatic amines is 1. The maximum atomic E-state index is 13.6. The van der Waals surface area contributed by atoms with Crippen LogP contribution in [0, 0.1) is 11.3 Å². The van der Waals surface area contributed by atoms with E-state index in [0.717, 1.165) is 33.1 Å². The van der Waals surface area contributed by atoms with Crippen LogP contribution in [0.15, 0.2) is 97.2 Å². The molecule has 1 atom stereocenters. The number of ether oxygens (including phenoxy) is 1. The summed E-state index contributed by atoms with van der Waals surface area (Å²) in [5.74, 6) is 1.17. The van der Waals surface area contributed by atoms with E-state index in [9.17, 15) is 10.1 Å². The van der Waals surface area contributed by atoms with Crippen molar-refractivity contribution in [2.75, 3.05) is 7.11 Å². The Kier molecular flexibility index (Phi) is 7.15. The molecule has 8 heteroatoms. The van der Waals surface area contributed by atoms with E-state index in [4.69, 9.17) is 21.3 Å². The quantitative estimate of drug-likeness (QED) is 0.214. The number of hydrogen-bond acceptors (Lipinski definition) is 4. The monoisotopic (exact) mass is 559 g/mol. The van der Waals surface area contributed by atoms with Crippen LogP contribution in [-0.2, 0) is 13.0 Å². The van der Waals surface area contributed by atoms with Gasteiger partial charge in [-0.2, -0.15) is 5.26 Å². The highest BCUT2D eigenvalue weighted by Gasteiger charge is 2.25. The van der Waals surface area contributed by atoms with E-state index in [1.165, 1.54) is 0 Å². The molecule has 0 spiro atoms. The molecule has 41 heavy (non-hydrogen) atoms. The van der Waals surface area contributed by atoms with Crippen LogP contribution in [0.1, 0.15) is 38.9 Å². The number of fused-ring (bicyclic) bond motifs is 2. The van der Waals surface area contributed by atoms with Crippen molar-refractivity contribution >= 4 is 39.4 Å². The summed E-state index contributed by atoms with van der Waals surface area (Å²) >= 11 is 6.34. The van der Waals surface area contributed by atoms with Crippen LogP contribution in [0.4, 0.5) is 0 Å². The Morgan fingerprint density at radius 2 is 1.90 bits per heavy atom. The van der Waals surface area contributed by atoms with Gasteiger partial charge in [0.1, 0.15) is 11.6 Å². The molecule has 0 saturated heterocycles. The molecule has 0 aliphatic carbocycles. The Balaban J connectivity index is 1.47. The molecule has 0 bridgehead atoms. The second kappa shape index (κ2) is 11.2. The zero-order valence-electron chi connectivity index (χ0n) is 22.3. The highest BCUT2D eigenvalue weighted by Crippen LogP contribution is 2.30. The van der Waals surface area contributed by atoms with Gasteiger partial charge in [-0.25, -0.2) is 4.98 Å². The van der Waals surface area contributed by atoms with Crippen molar-refractivity contribution in [3.8, 4) is 11.8 Å². The third-order valence-corrected chi connectivity index (χ3v) is 7.44. The van der Waals surface area contributed by atoms with Gasteiger partial charge in [0.05, 0.1) is 35.8 Å². The van der Waals surface area contributed by atoms with E-state index in [-0.39, 0.29) is 5.91 Å². The second-order valence-corrected chi connectivity index (χ2v) is 10.3. The van der Waals surface area contributed by atoms with Gasteiger partial charge in [-0.1, -0.05) is 41.9 Å². The standard InChI is InChI=1S/C33H26ClN5O2/c1-41-26-13-14-29-31(17-26)39(20-22-5-4-6-25(34)15-22)32(37-29)30(16-24-19-36-28-8-3-2-7-27(24)28)38-33(40)23-11-9-21(18-35)10-12-23/h2-15,17,19,30,36H,16,20H2,1H3,(H,38,40). The summed E-state index contributed by atoms with van der Waals surface area (Å²) in [7, 11) is 1.64. The number of para-hydroxylation sites is 1.